The Bertz CT molecular complexity index is 501. The van der Waals surface area contributed by atoms with Gasteiger partial charge in [0.25, 0.3) is 0 Å². The number of hydrogen-bond acceptors (Lipinski definition) is 3. The molecule has 108 valence electrons. The first-order valence-electron chi connectivity index (χ1n) is 6.59. The number of ether oxygens (including phenoxy) is 1. The van der Waals surface area contributed by atoms with E-state index >= 15 is 0 Å². The first-order valence-corrected chi connectivity index (χ1v) is 6.59. The van der Waals surface area contributed by atoms with Crippen molar-refractivity contribution in [3.05, 3.63) is 41.1 Å². The van der Waals surface area contributed by atoms with Crippen LogP contribution >= 0.6 is 0 Å². The van der Waals surface area contributed by atoms with Gasteiger partial charge in [0.05, 0.1) is 7.11 Å². The quantitative estimate of drug-likeness (QED) is 0.663. The van der Waals surface area contributed by atoms with E-state index in [1.807, 2.05) is 24.3 Å². The molecule has 0 aliphatic rings. The molecule has 4 nitrogen and oxygen atoms in total. The lowest BCUT2D eigenvalue weighted by Gasteiger charge is -2.07. The van der Waals surface area contributed by atoms with Gasteiger partial charge in [-0.15, -0.1) is 0 Å². The van der Waals surface area contributed by atoms with Crippen LogP contribution in [0.4, 0.5) is 0 Å². The van der Waals surface area contributed by atoms with E-state index in [-0.39, 0.29) is 11.6 Å². The first-order chi connectivity index (χ1) is 9.42. The molecule has 0 saturated heterocycles. The summed E-state index contributed by atoms with van der Waals surface area (Å²) in [7, 11) is 1.28. The molecule has 0 fully saturated rings. The fourth-order valence-corrected chi connectivity index (χ4v) is 1.83. The first kappa shape index (κ1) is 16.0. The SMILES string of the molecule is COC(=O)/C(=C/c1ccc(CC(C)C)cc1)NC(C)=O. The van der Waals surface area contributed by atoms with E-state index in [1.54, 1.807) is 6.08 Å². The van der Waals surface area contributed by atoms with Crippen molar-refractivity contribution in [3.63, 3.8) is 0 Å². The molecule has 0 bridgehead atoms. The Kier molecular flexibility index (Phi) is 5.97. The minimum absolute atomic E-state index is 0.136. The zero-order chi connectivity index (χ0) is 15.1. The second-order valence-corrected chi connectivity index (χ2v) is 5.07. The van der Waals surface area contributed by atoms with Crippen LogP contribution in [-0.4, -0.2) is 19.0 Å². The number of nitrogens with one attached hydrogen (secondary N) is 1. The van der Waals surface area contributed by atoms with Crippen LogP contribution in [-0.2, 0) is 20.7 Å². The van der Waals surface area contributed by atoms with Gasteiger partial charge in [-0.1, -0.05) is 38.1 Å². The molecule has 0 aliphatic heterocycles. The molecule has 0 radical (unpaired) electrons. The zero-order valence-corrected chi connectivity index (χ0v) is 12.4. The Balaban J connectivity index is 2.93. The Hall–Kier alpha value is -2.10. The van der Waals surface area contributed by atoms with Gasteiger partial charge in [-0.3, -0.25) is 4.79 Å². The highest BCUT2D eigenvalue weighted by Crippen LogP contribution is 2.12. The van der Waals surface area contributed by atoms with Crippen LogP contribution in [0.1, 0.15) is 31.9 Å². The molecule has 0 aromatic heterocycles. The lowest BCUT2D eigenvalue weighted by atomic mass is 10.0. The average molecular weight is 275 g/mol. The van der Waals surface area contributed by atoms with Gasteiger partial charge in [0.15, 0.2) is 0 Å². The number of benzene rings is 1. The Labute approximate surface area is 119 Å². The molecule has 1 aromatic rings. The van der Waals surface area contributed by atoms with Gasteiger partial charge >= 0.3 is 5.97 Å². The molecule has 0 spiro atoms. The van der Waals surface area contributed by atoms with Crippen LogP contribution in [0.15, 0.2) is 30.0 Å². The third-order valence-corrected chi connectivity index (χ3v) is 2.65. The summed E-state index contributed by atoms with van der Waals surface area (Å²) < 4.78 is 4.64. The third kappa shape index (κ3) is 5.26. The molecule has 1 N–H and O–H groups in total. The summed E-state index contributed by atoms with van der Waals surface area (Å²) in [6.45, 7) is 5.68. The highest BCUT2D eigenvalue weighted by Gasteiger charge is 2.11. The van der Waals surface area contributed by atoms with Crippen LogP contribution < -0.4 is 5.32 Å². The Morgan fingerprint density at radius 1 is 1.25 bits per heavy atom. The molecule has 20 heavy (non-hydrogen) atoms. The van der Waals surface area contributed by atoms with Crippen LogP contribution in [0.2, 0.25) is 0 Å². The molecule has 0 heterocycles. The van der Waals surface area contributed by atoms with Crippen LogP contribution in [0.5, 0.6) is 0 Å². The van der Waals surface area contributed by atoms with Gasteiger partial charge in [0, 0.05) is 6.92 Å². The van der Waals surface area contributed by atoms with E-state index in [1.165, 1.54) is 19.6 Å². The summed E-state index contributed by atoms with van der Waals surface area (Å²) in [6.07, 6.45) is 2.62. The largest absolute Gasteiger partial charge is 0.464 e. The predicted molar refractivity (Wildman–Crippen MR) is 78.8 cm³/mol. The molecule has 4 heteroatoms. The summed E-state index contributed by atoms with van der Waals surface area (Å²) >= 11 is 0. The van der Waals surface area contributed by atoms with Gasteiger partial charge < -0.3 is 10.1 Å². The van der Waals surface area contributed by atoms with E-state index in [0.29, 0.717) is 5.92 Å². The van der Waals surface area contributed by atoms with Crippen molar-refractivity contribution in [3.8, 4) is 0 Å². The fraction of sp³-hybridized carbons (Fsp3) is 0.375. The number of esters is 1. The monoisotopic (exact) mass is 275 g/mol. The maximum absolute atomic E-state index is 11.6. The molecule has 1 rings (SSSR count). The van der Waals surface area contributed by atoms with Crippen molar-refractivity contribution in [1.82, 2.24) is 5.32 Å². The van der Waals surface area contributed by atoms with E-state index in [4.69, 9.17) is 0 Å². The fourth-order valence-electron chi connectivity index (χ4n) is 1.83. The van der Waals surface area contributed by atoms with Crippen LogP contribution in [0, 0.1) is 5.92 Å². The molecular weight excluding hydrogens is 254 g/mol. The standard InChI is InChI=1S/C16H21NO3/c1-11(2)9-13-5-7-14(8-6-13)10-15(16(19)20-4)17-12(3)18/h5-8,10-11H,9H2,1-4H3,(H,17,18)/b15-10-. The van der Waals surface area contributed by atoms with Crippen molar-refractivity contribution in [2.45, 2.75) is 27.2 Å². The number of hydrogen-bond donors (Lipinski definition) is 1. The summed E-state index contributed by atoms with van der Waals surface area (Å²) in [5.74, 6) is -0.272. The smallest absolute Gasteiger partial charge is 0.354 e. The highest BCUT2D eigenvalue weighted by molar-refractivity contribution is 5.97. The lowest BCUT2D eigenvalue weighted by molar-refractivity contribution is -0.137. The van der Waals surface area contributed by atoms with Crippen LogP contribution in [0.25, 0.3) is 6.08 Å². The van der Waals surface area contributed by atoms with E-state index in [0.717, 1.165) is 12.0 Å². The average Bonchev–Trinajstić information content (AvgIpc) is 2.38. The maximum atomic E-state index is 11.6. The second-order valence-electron chi connectivity index (χ2n) is 5.07. The Morgan fingerprint density at radius 3 is 2.30 bits per heavy atom. The molecule has 0 unspecified atom stereocenters. The highest BCUT2D eigenvalue weighted by atomic mass is 16.5. The molecular formula is C16H21NO3. The van der Waals surface area contributed by atoms with Gasteiger partial charge in [-0.2, -0.15) is 0 Å². The van der Waals surface area contributed by atoms with Gasteiger partial charge in [-0.05, 0) is 29.5 Å². The number of carbonyl (C=O) groups is 2. The van der Waals surface area contributed by atoms with E-state index in [2.05, 4.69) is 23.9 Å². The number of carbonyl (C=O) groups excluding carboxylic acids is 2. The summed E-state index contributed by atoms with van der Waals surface area (Å²) in [5.41, 5.74) is 2.22. The topological polar surface area (TPSA) is 55.4 Å². The summed E-state index contributed by atoms with van der Waals surface area (Å²) in [6, 6.07) is 7.88. The maximum Gasteiger partial charge on any atom is 0.354 e. The van der Waals surface area contributed by atoms with Gasteiger partial charge in [-0.25, -0.2) is 4.79 Å². The minimum atomic E-state index is -0.563. The lowest BCUT2D eigenvalue weighted by Crippen LogP contribution is -2.25. The normalized spacial score (nSPS) is 11.3. The number of rotatable bonds is 5. The zero-order valence-electron chi connectivity index (χ0n) is 12.4. The molecule has 0 atom stereocenters. The molecule has 1 aromatic carbocycles. The van der Waals surface area contributed by atoms with Crippen LogP contribution in [0.3, 0.4) is 0 Å². The Morgan fingerprint density at radius 2 is 1.85 bits per heavy atom. The molecule has 1 amide bonds. The summed E-state index contributed by atoms with van der Waals surface area (Å²) in [4.78, 5) is 22.6. The third-order valence-electron chi connectivity index (χ3n) is 2.65. The minimum Gasteiger partial charge on any atom is -0.464 e. The number of methoxy groups -OCH3 is 1. The summed E-state index contributed by atoms with van der Waals surface area (Å²) in [5, 5.41) is 2.47. The molecule has 0 saturated carbocycles. The molecule has 0 aliphatic carbocycles. The van der Waals surface area contributed by atoms with Gasteiger partial charge in [0.1, 0.15) is 5.70 Å². The van der Waals surface area contributed by atoms with Crippen molar-refractivity contribution in [2.75, 3.05) is 7.11 Å². The van der Waals surface area contributed by atoms with Crippen molar-refractivity contribution < 1.29 is 14.3 Å². The van der Waals surface area contributed by atoms with Crippen molar-refractivity contribution >= 4 is 18.0 Å². The van der Waals surface area contributed by atoms with Crippen molar-refractivity contribution in [2.24, 2.45) is 5.92 Å². The van der Waals surface area contributed by atoms with E-state index < -0.39 is 5.97 Å². The van der Waals surface area contributed by atoms with Gasteiger partial charge in [0.2, 0.25) is 5.91 Å². The van der Waals surface area contributed by atoms with E-state index in [9.17, 15) is 9.59 Å². The predicted octanol–water partition coefficient (Wildman–Crippen LogP) is 2.54. The van der Waals surface area contributed by atoms with Crippen molar-refractivity contribution in [1.29, 1.82) is 0 Å². The second kappa shape index (κ2) is 7.48. The number of amides is 1.